The molecule has 1 N–H and O–H groups in total. The van der Waals surface area contributed by atoms with E-state index in [9.17, 15) is 14.9 Å². The van der Waals surface area contributed by atoms with E-state index < -0.39 is 4.92 Å². The van der Waals surface area contributed by atoms with E-state index in [4.69, 9.17) is 0 Å². The van der Waals surface area contributed by atoms with Crippen molar-refractivity contribution < 1.29 is 9.72 Å². The fourth-order valence-electron chi connectivity index (χ4n) is 1.84. The molecule has 22 heavy (non-hydrogen) atoms. The molecule has 1 amide bonds. The predicted octanol–water partition coefficient (Wildman–Crippen LogP) is 3.97. The zero-order chi connectivity index (χ0) is 15.9. The molecule has 0 aliphatic rings. The van der Waals surface area contributed by atoms with Gasteiger partial charge < -0.3 is 5.32 Å². The molecule has 0 bridgehead atoms. The van der Waals surface area contributed by atoms with Crippen LogP contribution in [-0.2, 0) is 4.79 Å². The number of nitro benzene ring substituents is 1. The molecule has 5 nitrogen and oxygen atoms in total. The van der Waals surface area contributed by atoms with Gasteiger partial charge in [-0.2, -0.15) is 0 Å². The number of nitro groups is 1. The minimum atomic E-state index is -0.466. The smallest absolute Gasteiger partial charge is 0.270 e. The average molecular weight is 314 g/mol. The molecule has 0 radical (unpaired) electrons. The van der Waals surface area contributed by atoms with Crippen molar-refractivity contribution >= 4 is 35.1 Å². The maximum Gasteiger partial charge on any atom is 0.270 e. The number of benzene rings is 2. The van der Waals surface area contributed by atoms with Crippen LogP contribution in [0.2, 0.25) is 0 Å². The van der Waals surface area contributed by atoms with E-state index in [2.05, 4.69) is 5.32 Å². The average Bonchev–Trinajstić information content (AvgIpc) is 2.53. The van der Waals surface area contributed by atoms with Crippen molar-refractivity contribution in [3.05, 3.63) is 70.3 Å². The monoisotopic (exact) mass is 314 g/mol. The number of non-ortho nitro benzene ring substituents is 1. The van der Waals surface area contributed by atoms with E-state index >= 15 is 0 Å². The second-order valence-corrected chi connectivity index (χ2v) is 5.22. The zero-order valence-corrected chi connectivity index (χ0v) is 12.7. The summed E-state index contributed by atoms with van der Waals surface area (Å²) in [5.41, 5.74) is 1.33. The number of hydrogen-bond donors (Lipinski definition) is 1. The Morgan fingerprint density at radius 2 is 2.00 bits per heavy atom. The van der Waals surface area contributed by atoms with Gasteiger partial charge in [0.15, 0.2) is 0 Å². The summed E-state index contributed by atoms with van der Waals surface area (Å²) in [6.45, 7) is 0. The van der Waals surface area contributed by atoms with Crippen molar-refractivity contribution in [1.82, 2.24) is 0 Å². The van der Waals surface area contributed by atoms with Crippen LogP contribution in [0.4, 0.5) is 11.4 Å². The number of nitrogens with one attached hydrogen (secondary N) is 1. The Kier molecular flexibility index (Phi) is 5.32. The van der Waals surface area contributed by atoms with Crippen LogP contribution >= 0.6 is 11.8 Å². The summed E-state index contributed by atoms with van der Waals surface area (Å²) in [4.78, 5) is 23.1. The van der Waals surface area contributed by atoms with Gasteiger partial charge in [0, 0.05) is 23.1 Å². The quantitative estimate of drug-likeness (QED) is 0.392. The second-order valence-electron chi connectivity index (χ2n) is 4.37. The predicted molar refractivity (Wildman–Crippen MR) is 89.0 cm³/mol. The Hall–Kier alpha value is -2.60. The van der Waals surface area contributed by atoms with Gasteiger partial charge in [0.25, 0.3) is 5.69 Å². The maximum absolute atomic E-state index is 11.9. The maximum atomic E-state index is 11.9. The van der Waals surface area contributed by atoms with Crippen molar-refractivity contribution in [3.63, 3.8) is 0 Å². The van der Waals surface area contributed by atoms with Crippen molar-refractivity contribution in [1.29, 1.82) is 0 Å². The van der Waals surface area contributed by atoms with Crippen LogP contribution in [0, 0.1) is 10.1 Å². The molecule has 2 aromatic carbocycles. The largest absolute Gasteiger partial charge is 0.321 e. The highest BCUT2D eigenvalue weighted by Crippen LogP contribution is 2.24. The third-order valence-corrected chi connectivity index (χ3v) is 3.67. The van der Waals surface area contributed by atoms with Gasteiger partial charge in [0.2, 0.25) is 5.91 Å². The SMILES string of the molecule is CSc1ccccc1NC(=O)C=Cc1cccc([N+](=O)[O-])c1. The standard InChI is InChI=1S/C16H14N2O3S/c1-22-15-8-3-2-7-14(15)17-16(19)10-9-12-5-4-6-13(11-12)18(20)21/h2-11H,1H3,(H,17,19). The van der Waals surface area contributed by atoms with Gasteiger partial charge in [-0.3, -0.25) is 14.9 Å². The van der Waals surface area contributed by atoms with Gasteiger partial charge in [-0.25, -0.2) is 0 Å². The van der Waals surface area contributed by atoms with Crippen LogP contribution in [0.25, 0.3) is 6.08 Å². The Labute approximate surface area is 132 Å². The van der Waals surface area contributed by atoms with E-state index in [1.54, 1.807) is 30.0 Å². The Balaban J connectivity index is 2.08. The molecule has 0 spiro atoms. The normalized spacial score (nSPS) is 10.6. The molecule has 2 aromatic rings. The molecule has 112 valence electrons. The third kappa shape index (κ3) is 4.20. The summed E-state index contributed by atoms with van der Waals surface area (Å²) >= 11 is 1.54. The number of para-hydroxylation sites is 1. The zero-order valence-electron chi connectivity index (χ0n) is 11.9. The Bertz CT molecular complexity index is 729. The molecular formula is C16H14N2O3S. The highest BCUT2D eigenvalue weighted by molar-refractivity contribution is 7.98. The summed E-state index contributed by atoms with van der Waals surface area (Å²) in [5.74, 6) is -0.284. The van der Waals surface area contributed by atoms with E-state index in [1.165, 1.54) is 18.2 Å². The van der Waals surface area contributed by atoms with E-state index in [-0.39, 0.29) is 11.6 Å². The van der Waals surface area contributed by atoms with E-state index in [1.807, 2.05) is 30.5 Å². The molecule has 0 aliphatic heterocycles. The summed E-state index contributed by atoms with van der Waals surface area (Å²) in [7, 11) is 0. The molecule has 0 unspecified atom stereocenters. The number of thioether (sulfide) groups is 1. The lowest BCUT2D eigenvalue weighted by Gasteiger charge is -2.06. The molecule has 0 saturated carbocycles. The number of anilines is 1. The molecule has 2 rings (SSSR count). The second kappa shape index (κ2) is 7.42. The number of carbonyl (C=O) groups excluding carboxylic acids is 1. The topological polar surface area (TPSA) is 72.2 Å². The molecule has 0 fully saturated rings. The fraction of sp³-hybridized carbons (Fsp3) is 0.0625. The van der Waals surface area contributed by atoms with Gasteiger partial charge in [0.1, 0.15) is 0 Å². The minimum Gasteiger partial charge on any atom is -0.321 e. The van der Waals surface area contributed by atoms with Crippen LogP contribution in [0.1, 0.15) is 5.56 Å². The molecule has 0 aromatic heterocycles. The summed E-state index contributed by atoms with van der Waals surface area (Å²) < 4.78 is 0. The number of rotatable bonds is 5. The van der Waals surface area contributed by atoms with Gasteiger partial charge in [0.05, 0.1) is 10.6 Å². The lowest BCUT2D eigenvalue weighted by atomic mass is 10.2. The van der Waals surface area contributed by atoms with Crippen LogP contribution in [-0.4, -0.2) is 17.1 Å². The lowest BCUT2D eigenvalue weighted by molar-refractivity contribution is -0.384. The molecule has 6 heteroatoms. The third-order valence-electron chi connectivity index (χ3n) is 2.87. The van der Waals surface area contributed by atoms with Gasteiger partial charge in [-0.05, 0) is 30.0 Å². The first-order valence-corrected chi connectivity index (χ1v) is 7.69. The minimum absolute atomic E-state index is 0.00436. The van der Waals surface area contributed by atoms with Crippen molar-refractivity contribution in [3.8, 4) is 0 Å². The molecule has 0 aliphatic carbocycles. The Morgan fingerprint density at radius 3 is 2.73 bits per heavy atom. The molecular weight excluding hydrogens is 300 g/mol. The first-order valence-electron chi connectivity index (χ1n) is 6.46. The number of hydrogen-bond acceptors (Lipinski definition) is 4. The van der Waals surface area contributed by atoms with Crippen LogP contribution in [0.15, 0.2) is 59.5 Å². The Morgan fingerprint density at radius 1 is 1.23 bits per heavy atom. The van der Waals surface area contributed by atoms with Gasteiger partial charge >= 0.3 is 0 Å². The fourth-order valence-corrected chi connectivity index (χ4v) is 2.39. The van der Waals surface area contributed by atoms with Crippen LogP contribution < -0.4 is 5.32 Å². The van der Waals surface area contributed by atoms with Crippen LogP contribution in [0.5, 0.6) is 0 Å². The summed E-state index contributed by atoms with van der Waals surface area (Å²) in [6, 6.07) is 13.6. The lowest BCUT2D eigenvalue weighted by Crippen LogP contribution is -2.08. The molecule has 0 atom stereocenters. The number of amides is 1. The van der Waals surface area contributed by atoms with Crippen molar-refractivity contribution in [2.45, 2.75) is 4.90 Å². The highest BCUT2D eigenvalue weighted by Gasteiger charge is 2.05. The van der Waals surface area contributed by atoms with E-state index in [0.717, 1.165) is 10.6 Å². The molecule has 0 saturated heterocycles. The number of nitrogens with zero attached hydrogens (tertiary/aromatic N) is 1. The van der Waals surface area contributed by atoms with Crippen molar-refractivity contribution in [2.75, 3.05) is 11.6 Å². The van der Waals surface area contributed by atoms with Crippen LogP contribution in [0.3, 0.4) is 0 Å². The number of carbonyl (C=O) groups is 1. The summed E-state index contributed by atoms with van der Waals surface area (Å²) in [5, 5.41) is 13.5. The van der Waals surface area contributed by atoms with E-state index in [0.29, 0.717) is 5.56 Å². The van der Waals surface area contributed by atoms with Gasteiger partial charge in [-0.15, -0.1) is 11.8 Å². The summed E-state index contributed by atoms with van der Waals surface area (Å²) in [6.07, 6.45) is 4.84. The first kappa shape index (κ1) is 15.8. The van der Waals surface area contributed by atoms with Gasteiger partial charge in [-0.1, -0.05) is 24.3 Å². The first-order chi connectivity index (χ1) is 10.6. The highest BCUT2D eigenvalue weighted by atomic mass is 32.2. The van der Waals surface area contributed by atoms with Crippen molar-refractivity contribution in [2.24, 2.45) is 0 Å². The molecule has 0 heterocycles.